The second-order valence-corrected chi connectivity index (χ2v) is 3.93. The molecule has 0 aliphatic heterocycles. The number of aromatic nitrogens is 1. The van der Waals surface area contributed by atoms with Crippen LogP contribution in [0.2, 0.25) is 5.15 Å². The lowest BCUT2D eigenvalue weighted by Crippen LogP contribution is -2.30. The number of nitrogens with one attached hydrogen (secondary N) is 1. The maximum Gasteiger partial charge on any atom is 0.275 e. The smallest absolute Gasteiger partial charge is 0.275 e. The fourth-order valence-corrected chi connectivity index (χ4v) is 1.55. The molecular weight excluding hydrogens is 270 g/mol. The Labute approximate surface area is 115 Å². The molecule has 0 bridgehead atoms. The second kappa shape index (κ2) is 7.18. The van der Waals surface area contributed by atoms with Gasteiger partial charge in [-0.2, -0.15) is 5.26 Å². The maximum atomic E-state index is 10.5. The van der Waals surface area contributed by atoms with Crippen molar-refractivity contribution >= 4 is 11.6 Å². The zero-order valence-corrected chi connectivity index (χ0v) is 11.0. The van der Waals surface area contributed by atoms with Crippen molar-refractivity contribution in [2.75, 3.05) is 6.54 Å². The predicted octanol–water partition coefficient (Wildman–Crippen LogP) is 1.70. The number of nitro groups is 1. The number of pyridine rings is 1. The van der Waals surface area contributed by atoms with Crippen molar-refractivity contribution in [2.24, 2.45) is 0 Å². The van der Waals surface area contributed by atoms with Crippen molar-refractivity contribution in [2.45, 2.75) is 13.5 Å². The molecule has 0 amide bonds. The first-order chi connectivity index (χ1) is 9.06. The van der Waals surface area contributed by atoms with Gasteiger partial charge in [-0.25, -0.2) is 4.98 Å². The van der Waals surface area contributed by atoms with Crippen LogP contribution in [0.15, 0.2) is 30.4 Å². The number of hydrogen-bond acceptors (Lipinski definition) is 6. The Hall–Kier alpha value is -2.33. The van der Waals surface area contributed by atoms with Crippen molar-refractivity contribution < 1.29 is 4.92 Å². The average molecular weight is 282 g/mol. The van der Waals surface area contributed by atoms with Crippen LogP contribution in [0.4, 0.5) is 0 Å². The lowest BCUT2D eigenvalue weighted by molar-refractivity contribution is -0.404. The van der Waals surface area contributed by atoms with E-state index in [2.05, 4.69) is 10.3 Å². The molecule has 0 spiro atoms. The molecule has 1 heterocycles. The molecule has 0 atom stereocenters. The quantitative estimate of drug-likeness (QED) is 0.280. The summed E-state index contributed by atoms with van der Waals surface area (Å²) in [7, 11) is 0. The average Bonchev–Trinajstić information content (AvgIpc) is 2.37. The fraction of sp³-hybridized carbons (Fsp3) is 0.273. The summed E-state index contributed by atoms with van der Waals surface area (Å²) in [6.07, 6.45) is 4.03. The Kier molecular flexibility index (Phi) is 5.57. The molecule has 0 aliphatic carbocycles. The van der Waals surface area contributed by atoms with Crippen LogP contribution in [0.25, 0.3) is 0 Å². The minimum absolute atomic E-state index is 0.130. The van der Waals surface area contributed by atoms with Gasteiger partial charge < -0.3 is 4.90 Å². The predicted molar refractivity (Wildman–Crippen MR) is 69.2 cm³/mol. The number of nitrogens with zero attached hydrogens (tertiary/aromatic N) is 4. The van der Waals surface area contributed by atoms with Gasteiger partial charge in [0.15, 0.2) is 12.0 Å². The molecule has 19 heavy (non-hydrogen) atoms. The van der Waals surface area contributed by atoms with Crippen LogP contribution in [0, 0.1) is 21.6 Å². The molecule has 0 fully saturated rings. The summed E-state index contributed by atoms with van der Waals surface area (Å²) in [6.45, 7) is 2.71. The zero-order valence-electron chi connectivity index (χ0n) is 10.2. The lowest BCUT2D eigenvalue weighted by Gasteiger charge is -2.22. The van der Waals surface area contributed by atoms with Gasteiger partial charge in [0.05, 0.1) is 4.92 Å². The summed E-state index contributed by atoms with van der Waals surface area (Å²) in [4.78, 5) is 15.5. The van der Waals surface area contributed by atoms with Crippen LogP contribution >= 0.6 is 11.6 Å². The standard InChI is InChI=1S/C11H12ClN5O2/c1-2-16(11(15-8-13)7-17(18)19)6-9-3-4-10(12)14-5-9/h3-5,7,15H,2,6H2,1H3/b11-7+. The Bertz CT molecular complexity index is 509. The van der Waals surface area contributed by atoms with Gasteiger partial charge in [0, 0.05) is 19.3 Å². The topological polar surface area (TPSA) is 95.1 Å². The van der Waals surface area contributed by atoms with E-state index in [0.717, 1.165) is 11.8 Å². The minimum atomic E-state index is -0.609. The molecule has 8 heteroatoms. The highest BCUT2D eigenvalue weighted by molar-refractivity contribution is 6.29. The normalized spacial score (nSPS) is 10.7. The molecule has 100 valence electrons. The van der Waals surface area contributed by atoms with E-state index in [4.69, 9.17) is 16.9 Å². The Morgan fingerprint density at radius 3 is 2.95 bits per heavy atom. The molecule has 1 rings (SSSR count). The monoisotopic (exact) mass is 281 g/mol. The molecule has 1 aromatic rings. The van der Waals surface area contributed by atoms with E-state index in [9.17, 15) is 10.1 Å². The van der Waals surface area contributed by atoms with Gasteiger partial charge in [0.25, 0.3) is 6.20 Å². The number of hydrogen-bond donors (Lipinski definition) is 1. The molecular formula is C11H12ClN5O2. The van der Waals surface area contributed by atoms with Gasteiger partial charge >= 0.3 is 0 Å². The molecule has 0 saturated heterocycles. The van der Waals surface area contributed by atoms with Crippen molar-refractivity contribution in [3.63, 3.8) is 0 Å². The highest BCUT2D eigenvalue weighted by atomic mass is 35.5. The first-order valence-electron chi connectivity index (χ1n) is 5.42. The maximum absolute atomic E-state index is 10.5. The molecule has 0 aromatic carbocycles. The Morgan fingerprint density at radius 2 is 2.47 bits per heavy atom. The first kappa shape index (κ1) is 14.7. The highest BCUT2D eigenvalue weighted by Gasteiger charge is 2.12. The van der Waals surface area contributed by atoms with E-state index in [1.165, 1.54) is 0 Å². The second-order valence-electron chi connectivity index (χ2n) is 3.54. The van der Waals surface area contributed by atoms with Crippen molar-refractivity contribution in [1.29, 1.82) is 5.26 Å². The Balaban J connectivity index is 2.89. The third kappa shape index (κ3) is 4.81. The van der Waals surface area contributed by atoms with Crippen LogP contribution in [0.1, 0.15) is 12.5 Å². The first-order valence-corrected chi connectivity index (χ1v) is 5.80. The summed E-state index contributed by atoms with van der Waals surface area (Å²) >= 11 is 5.68. The van der Waals surface area contributed by atoms with Crippen molar-refractivity contribution in [3.05, 3.63) is 51.2 Å². The Morgan fingerprint density at radius 1 is 1.74 bits per heavy atom. The third-order valence-corrected chi connectivity index (χ3v) is 2.52. The summed E-state index contributed by atoms with van der Waals surface area (Å²) in [5.41, 5.74) is 0.834. The van der Waals surface area contributed by atoms with Crippen molar-refractivity contribution in [3.8, 4) is 6.19 Å². The number of rotatable bonds is 6. The van der Waals surface area contributed by atoms with Gasteiger partial charge in [-0.1, -0.05) is 17.7 Å². The summed E-state index contributed by atoms with van der Waals surface area (Å²) in [5, 5.41) is 21.8. The highest BCUT2D eigenvalue weighted by Crippen LogP contribution is 2.11. The fourth-order valence-electron chi connectivity index (χ4n) is 1.44. The SMILES string of the molecule is CCN(Cc1ccc(Cl)nc1)/C(=C/[N+](=O)[O-])NC#N. The van der Waals surface area contributed by atoms with E-state index >= 15 is 0 Å². The zero-order chi connectivity index (χ0) is 14.3. The minimum Gasteiger partial charge on any atom is -0.348 e. The molecule has 1 N–H and O–H groups in total. The molecule has 1 aromatic heterocycles. The lowest BCUT2D eigenvalue weighted by atomic mass is 10.2. The van der Waals surface area contributed by atoms with Crippen LogP contribution in [-0.2, 0) is 6.54 Å². The van der Waals surface area contributed by atoms with Gasteiger partial charge in [0.1, 0.15) is 5.15 Å². The summed E-state index contributed by atoms with van der Waals surface area (Å²) in [6, 6.07) is 3.41. The van der Waals surface area contributed by atoms with Crippen LogP contribution < -0.4 is 5.32 Å². The van der Waals surface area contributed by atoms with Crippen LogP contribution in [0.5, 0.6) is 0 Å². The van der Waals surface area contributed by atoms with Gasteiger partial charge in [-0.3, -0.25) is 15.4 Å². The number of halogens is 1. The van der Waals surface area contributed by atoms with Crippen LogP contribution in [-0.4, -0.2) is 21.4 Å². The summed E-state index contributed by atoms with van der Waals surface area (Å²) < 4.78 is 0. The van der Waals surface area contributed by atoms with Gasteiger partial charge in [-0.05, 0) is 18.6 Å². The molecule has 0 unspecified atom stereocenters. The molecule has 0 aliphatic rings. The molecule has 0 saturated carbocycles. The van der Waals surface area contributed by atoms with E-state index < -0.39 is 4.92 Å². The number of nitriles is 1. The summed E-state index contributed by atoms with van der Waals surface area (Å²) in [5.74, 6) is 0.130. The van der Waals surface area contributed by atoms with E-state index in [0.29, 0.717) is 18.2 Å². The van der Waals surface area contributed by atoms with Crippen LogP contribution in [0.3, 0.4) is 0 Å². The van der Waals surface area contributed by atoms with Crippen molar-refractivity contribution in [1.82, 2.24) is 15.2 Å². The third-order valence-electron chi connectivity index (χ3n) is 2.30. The van der Waals surface area contributed by atoms with E-state index in [1.54, 1.807) is 29.4 Å². The molecule has 7 nitrogen and oxygen atoms in total. The van der Waals surface area contributed by atoms with E-state index in [-0.39, 0.29) is 5.82 Å². The molecule has 0 radical (unpaired) electrons. The largest absolute Gasteiger partial charge is 0.348 e. The van der Waals surface area contributed by atoms with E-state index in [1.807, 2.05) is 6.92 Å². The van der Waals surface area contributed by atoms with Gasteiger partial charge in [0.2, 0.25) is 0 Å². The van der Waals surface area contributed by atoms with Gasteiger partial charge in [-0.15, -0.1) is 0 Å².